The molecule has 0 unspecified atom stereocenters. The van der Waals surface area contributed by atoms with E-state index >= 15 is 0 Å². The van der Waals surface area contributed by atoms with Crippen LogP contribution in [0.4, 0.5) is 0 Å². The van der Waals surface area contributed by atoms with Gasteiger partial charge in [-0.25, -0.2) is 4.98 Å². The van der Waals surface area contributed by atoms with Crippen LogP contribution in [0.2, 0.25) is 0 Å². The summed E-state index contributed by atoms with van der Waals surface area (Å²) in [6, 6.07) is 65.6. The summed E-state index contributed by atoms with van der Waals surface area (Å²) in [7, 11) is 0. The summed E-state index contributed by atoms with van der Waals surface area (Å²) in [5.41, 5.74) is 11.3. The van der Waals surface area contributed by atoms with E-state index in [1.54, 1.807) is 0 Å². The highest BCUT2D eigenvalue weighted by molar-refractivity contribution is 6.14. The zero-order valence-corrected chi connectivity index (χ0v) is 30.5. The molecule has 0 saturated heterocycles. The van der Waals surface area contributed by atoms with E-state index in [2.05, 4.69) is 124 Å². The van der Waals surface area contributed by atoms with Crippen LogP contribution in [-0.2, 0) is 0 Å². The van der Waals surface area contributed by atoms with Crippen molar-refractivity contribution in [1.29, 1.82) is 0 Å². The molecule has 6 nitrogen and oxygen atoms in total. The zero-order valence-electron chi connectivity index (χ0n) is 30.5. The lowest BCUT2D eigenvalue weighted by Crippen LogP contribution is -2.06. The Hall–Kier alpha value is -7.83. The number of furan rings is 1. The van der Waals surface area contributed by atoms with Crippen LogP contribution in [-0.4, -0.2) is 24.1 Å². The first-order valence-corrected chi connectivity index (χ1v) is 19.1. The van der Waals surface area contributed by atoms with Crippen molar-refractivity contribution in [3.05, 3.63) is 188 Å². The lowest BCUT2D eigenvalue weighted by Gasteiger charge is -2.11. The summed E-state index contributed by atoms with van der Waals surface area (Å²) in [4.78, 5) is 15.2. The van der Waals surface area contributed by atoms with Crippen molar-refractivity contribution in [3.63, 3.8) is 0 Å². The topological polar surface area (TPSA) is 61.7 Å². The third-order valence-electron chi connectivity index (χ3n) is 11.2. The van der Waals surface area contributed by atoms with E-state index < -0.39 is 0 Å². The summed E-state index contributed by atoms with van der Waals surface area (Å²) in [6.07, 6.45) is 0. The van der Waals surface area contributed by atoms with Gasteiger partial charge in [0, 0.05) is 43.4 Å². The van der Waals surface area contributed by atoms with Crippen molar-refractivity contribution in [1.82, 2.24) is 24.1 Å². The number of hydrogen-bond donors (Lipinski definition) is 0. The summed E-state index contributed by atoms with van der Waals surface area (Å²) in [6.45, 7) is 0. The summed E-state index contributed by atoms with van der Waals surface area (Å²) in [5.74, 6) is 1.84. The summed E-state index contributed by atoms with van der Waals surface area (Å²) < 4.78 is 11.0. The summed E-state index contributed by atoms with van der Waals surface area (Å²) >= 11 is 0. The fourth-order valence-corrected chi connectivity index (χ4v) is 8.59. The highest BCUT2D eigenvalue weighted by Crippen LogP contribution is 2.40. The van der Waals surface area contributed by atoms with Gasteiger partial charge in [-0.2, -0.15) is 9.97 Å². The second kappa shape index (κ2) is 12.3. The first-order valence-electron chi connectivity index (χ1n) is 19.1. The van der Waals surface area contributed by atoms with E-state index in [4.69, 9.17) is 19.4 Å². The molecule has 0 amide bonds. The molecule has 0 bridgehead atoms. The van der Waals surface area contributed by atoms with Crippen molar-refractivity contribution < 1.29 is 4.42 Å². The van der Waals surface area contributed by atoms with Crippen LogP contribution in [0.3, 0.4) is 0 Å². The Labute approximate surface area is 326 Å². The monoisotopic (exact) mass is 729 g/mol. The van der Waals surface area contributed by atoms with Gasteiger partial charge in [0.25, 0.3) is 0 Å². The molecular formula is C51H31N5O. The Morgan fingerprint density at radius 3 is 1.46 bits per heavy atom. The van der Waals surface area contributed by atoms with Crippen LogP contribution in [0.15, 0.2) is 192 Å². The number of fused-ring (bicyclic) bond motifs is 9. The van der Waals surface area contributed by atoms with Crippen LogP contribution >= 0.6 is 0 Å². The molecule has 0 aliphatic rings. The Bertz CT molecular complexity index is 3470. The van der Waals surface area contributed by atoms with Gasteiger partial charge < -0.3 is 8.98 Å². The minimum atomic E-state index is 0.579. The molecular weight excluding hydrogens is 699 g/mol. The van der Waals surface area contributed by atoms with Crippen LogP contribution < -0.4 is 0 Å². The van der Waals surface area contributed by atoms with Crippen LogP contribution in [0.25, 0.3) is 111 Å². The molecule has 0 fully saturated rings. The minimum Gasteiger partial charge on any atom is -0.454 e. The fraction of sp³-hybridized carbons (Fsp3) is 0. The SMILES string of the molecule is c1ccc(-c2nc(-c3ccccc3)nc(-n3c4ccccc4c4cc(-c5ccc6c(c5)c5ccccc5n6-c5cccc6c5oc5ccccc56)ccc43)n2)cc1. The van der Waals surface area contributed by atoms with Gasteiger partial charge in [0.2, 0.25) is 5.95 Å². The Morgan fingerprint density at radius 1 is 0.333 bits per heavy atom. The number of hydrogen-bond acceptors (Lipinski definition) is 4. The Morgan fingerprint density at radius 2 is 0.825 bits per heavy atom. The predicted octanol–water partition coefficient (Wildman–Crippen LogP) is 13.0. The van der Waals surface area contributed by atoms with Crippen LogP contribution in [0.5, 0.6) is 0 Å². The van der Waals surface area contributed by atoms with Gasteiger partial charge in [-0.1, -0.05) is 140 Å². The number of para-hydroxylation sites is 4. The standard InChI is InChI=1S/C51H31N5O/c1-3-14-32(15-4-1)49-52-50(33-16-5-2-6-17-33)54-51(53-49)56-43-23-11-8-19-37(43)41-31-35(27-29-45(41)56)34-26-28-44-40(30-34)36-18-7-10-22-42(36)55(44)46-24-13-21-39-38-20-9-12-25-47(38)57-48(39)46/h1-31H. The van der Waals surface area contributed by atoms with Gasteiger partial charge >= 0.3 is 0 Å². The van der Waals surface area contributed by atoms with Crippen molar-refractivity contribution in [2.75, 3.05) is 0 Å². The maximum absolute atomic E-state index is 6.53. The van der Waals surface area contributed by atoms with Gasteiger partial charge in [0.15, 0.2) is 17.2 Å². The van der Waals surface area contributed by atoms with E-state index in [0.717, 1.165) is 82.7 Å². The third-order valence-corrected chi connectivity index (χ3v) is 11.2. The number of nitrogens with zero attached hydrogens (tertiary/aromatic N) is 5. The number of benzene rings is 8. The Balaban J connectivity index is 1.04. The number of aromatic nitrogens is 5. The Kier molecular flexibility index (Phi) is 6.83. The molecule has 0 saturated carbocycles. The molecule has 4 heterocycles. The van der Waals surface area contributed by atoms with E-state index in [9.17, 15) is 0 Å². The molecule has 12 rings (SSSR count). The first kappa shape index (κ1) is 31.5. The largest absolute Gasteiger partial charge is 0.454 e. The van der Waals surface area contributed by atoms with E-state index in [1.807, 2.05) is 72.8 Å². The third kappa shape index (κ3) is 4.87. The molecule has 0 N–H and O–H groups in total. The van der Waals surface area contributed by atoms with Gasteiger partial charge in [0.05, 0.1) is 27.8 Å². The molecule has 0 radical (unpaired) electrons. The lowest BCUT2D eigenvalue weighted by atomic mass is 10.0. The van der Waals surface area contributed by atoms with E-state index in [0.29, 0.717) is 17.6 Å². The maximum atomic E-state index is 6.53. The van der Waals surface area contributed by atoms with E-state index in [-0.39, 0.29) is 0 Å². The molecule has 8 aromatic carbocycles. The fourth-order valence-electron chi connectivity index (χ4n) is 8.59. The molecule has 0 spiro atoms. The molecule has 0 aliphatic heterocycles. The van der Waals surface area contributed by atoms with Crippen molar-refractivity contribution in [2.45, 2.75) is 0 Å². The second-order valence-corrected chi connectivity index (χ2v) is 14.4. The molecule has 266 valence electrons. The van der Waals surface area contributed by atoms with Gasteiger partial charge in [-0.05, 0) is 59.7 Å². The maximum Gasteiger partial charge on any atom is 0.238 e. The van der Waals surface area contributed by atoms with Crippen LogP contribution in [0, 0.1) is 0 Å². The van der Waals surface area contributed by atoms with Gasteiger partial charge in [0.1, 0.15) is 5.58 Å². The highest BCUT2D eigenvalue weighted by atomic mass is 16.3. The zero-order chi connectivity index (χ0) is 37.5. The van der Waals surface area contributed by atoms with E-state index in [1.165, 1.54) is 10.8 Å². The lowest BCUT2D eigenvalue weighted by molar-refractivity contribution is 0.666. The van der Waals surface area contributed by atoms with Crippen LogP contribution in [0.1, 0.15) is 0 Å². The molecule has 0 aliphatic carbocycles. The molecule has 6 heteroatoms. The second-order valence-electron chi connectivity index (χ2n) is 14.4. The average Bonchev–Trinajstić information content (AvgIpc) is 3.94. The highest BCUT2D eigenvalue weighted by Gasteiger charge is 2.20. The van der Waals surface area contributed by atoms with Gasteiger partial charge in [-0.15, -0.1) is 0 Å². The normalized spacial score (nSPS) is 11.9. The minimum absolute atomic E-state index is 0.579. The smallest absolute Gasteiger partial charge is 0.238 e. The molecule has 12 aromatic rings. The molecule has 0 atom stereocenters. The summed E-state index contributed by atoms with van der Waals surface area (Å²) in [5, 5.41) is 6.88. The van der Waals surface area contributed by atoms with Crippen molar-refractivity contribution in [2.24, 2.45) is 0 Å². The molecule has 4 aromatic heterocycles. The van der Waals surface area contributed by atoms with Crippen molar-refractivity contribution in [3.8, 4) is 45.5 Å². The molecule has 57 heavy (non-hydrogen) atoms. The number of rotatable bonds is 5. The van der Waals surface area contributed by atoms with Crippen molar-refractivity contribution >= 4 is 65.6 Å². The first-order chi connectivity index (χ1) is 28.3. The predicted molar refractivity (Wildman–Crippen MR) is 232 cm³/mol. The quantitative estimate of drug-likeness (QED) is 0.177. The average molecular weight is 730 g/mol. The van der Waals surface area contributed by atoms with Gasteiger partial charge in [-0.3, -0.25) is 4.57 Å².